The maximum Gasteiger partial charge on any atom is 0.267 e. The van der Waals surface area contributed by atoms with Crippen LogP contribution in [0.2, 0.25) is 0 Å². The van der Waals surface area contributed by atoms with Gasteiger partial charge in [0.1, 0.15) is 11.6 Å². The van der Waals surface area contributed by atoms with Gasteiger partial charge in [0.05, 0.1) is 0 Å². The molecule has 2 heterocycles. The molecule has 0 saturated carbocycles. The third kappa shape index (κ3) is 2.47. The highest BCUT2D eigenvalue weighted by molar-refractivity contribution is 7.13. The number of nitrogens with zero attached hydrogens (tertiary/aromatic N) is 1. The van der Waals surface area contributed by atoms with Gasteiger partial charge in [0.25, 0.3) is 5.56 Å². The van der Waals surface area contributed by atoms with Gasteiger partial charge in [0, 0.05) is 21.7 Å². The van der Waals surface area contributed by atoms with Crippen LogP contribution in [0.4, 0.5) is 0 Å². The molecule has 4 heteroatoms. The highest BCUT2D eigenvalue weighted by Crippen LogP contribution is 2.30. The fourth-order valence-electron chi connectivity index (χ4n) is 2.47. The number of aryl methyl sites for hydroxylation is 2. The van der Waals surface area contributed by atoms with Gasteiger partial charge in [0.15, 0.2) is 0 Å². The normalized spacial score (nSPS) is 10.4. The second-order valence-electron chi connectivity index (χ2n) is 5.21. The first kappa shape index (κ1) is 14.3. The van der Waals surface area contributed by atoms with Crippen molar-refractivity contribution < 1.29 is 0 Å². The van der Waals surface area contributed by atoms with E-state index in [4.69, 9.17) is 0 Å². The molecular weight excluding hydrogens is 292 g/mol. The monoisotopic (exact) mass is 306 g/mol. The highest BCUT2D eigenvalue weighted by atomic mass is 32.1. The number of aromatic amines is 1. The zero-order valence-electron chi connectivity index (χ0n) is 12.3. The summed E-state index contributed by atoms with van der Waals surface area (Å²) in [6.45, 7) is 4.03. The van der Waals surface area contributed by atoms with Crippen molar-refractivity contribution in [2.45, 2.75) is 13.8 Å². The Balaban J connectivity index is 2.30. The number of benzene rings is 1. The molecule has 0 aliphatic rings. The number of nitriles is 1. The van der Waals surface area contributed by atoms with Crippen LogP contribution in [0, 0.1) is 25.2 Å². The first-order chi connectivity index (χ1) is 10.6. The first-order valence-electron chi connectivity index (χ1n) is 6.89. The van der Waals surface area contributed by atoms with Crippen molar-refractivity contribution in [1.29, 1.82) is 5.26 Å². The molecule has 0 radical (unpaired) electrons. The number of rotatable bonds is 2. The lowest BCUT2D eigenvalue weighted by molar-refractivity contribution is 1.21. The highest BCUT2D eigenvalue weighted by Gasteiger charge is 2.14. The standard InChI is InChI=1S/C18H14N2OS/c1-11-5-6-12(2)13(8-11)16-9-14(17-4-3-7-22-17)15(10-19)18(21)20-16/h3-9H,1-2H3,(H,20,21). The average Bonchev–Trinajstić information content (AvgIpc) is 3.03. The van der Waals surface area contributed by atoms with Crippen molar-refractivity contribution in [2.75, 3.05) is 0 Å². The molecule has 0 saturated heterocycles. The molecule has 0 amide bonds. The lowest BCUT2D eigenvalue weighted by atomic mass is 9.99. The van der Waals surface area contributed by atoms with Gasteiger partial charge in [-0.05, 0) is 43.0 Å². The van der Waals surface area contributed by atoms with Crippen molar-refractivity contribution in [3.63, 3.8) is 0 Å². The van der Waals surface area contributed by atoms with Gasteiger partial charge in [-0.1, -0.05) is 23.8 Å². The van der Waals surface area contributed by atoms with E-state index in [1.807, 2.05) is 61.7 Å². The third-order valence-corrected chi connectivity index (χ3v) is 4.52. The molecule has 0 fully saturated rings. The van der Waals surface area contributed by atoms with Crippen molar-refractivity contribution in [1.82, 2.24) is 4.98 Å². The molecule has 3 aromatic rings. The molecule has 0 unspecified atom stereocenters. The zero-order valence-corrected chi connectivity index (χ0v) is 13.1. The minimum atomic E-state index is -0.343. The quantitative estimate of drug-likeness (QED) is 0.769. The Labute approximate surface area is 132 Å². The summed E-state index contributed by atoms with van der Waals surface area (Å²) in [4.78, 5) is 16.0. The number of aromatic nitrogens is 1. The fourth-order valence-corrected chi connectivity index (χ4v) is 3.22. The minimum Gasteiger partial charge on any atom is -0.321 e. The van der Waals surface area contributed by atoms with E-state index in [1.165, 1.54) is 11.3 Å². The smallest absolute Gasteiger partial charge is 0.267 e. The molecule has 0 bridgehead atoms. The first-order valence-corrected chi connectivity index (χ1v) is 7.77. The molecule has 0 aliphatic heterocycles. The Morgan fingerprint density at radius 3 is 2.64 bits per heavy atom. The van der Waals surface area contributed by atoms with Crippen LogP contribution in [-0.2, 0) is 0 Å². The second kappa shape index (κ2) is 5.63. The molecule has 0 aliphatic carbocycles. The number of hydrogen-bond acceptors (Lipinski definition) is 3. The van der Waals surface area contributed by atoms with Crippen LogP contribution in [0.5, 0.6) is 0 Å². The molecule has 1 aromatic carbocycles. The predicted molar refractivity (Wildman–Crippen MR) is 90.0 cm³/mol. The van der Waals surface area contributed by atoms with E-state index in [0.717, 1.165) is 27.3 Å². The number of H-pyrrole nitrogens is 1. The maximum absolute atomic E-state index is 12.3. The minimum absolute atomic E-state index is 0.163. The Morgan fingerprint density at radius 1 is 1.14 bits per heavy atom. The van der Waals surface area contributed by atoms with E-state index in [0.29, 0.717) is 5.56 Å². The topological polar surface area (TPSA) is 56.6 Å². The van der Waals surface area contributed by atoms with E-state index in [9.17, 15) is 10.1 Å². The summed E-state index contributed by atoms with van der Waals surface area (Å²) in [7, 11) is 0. The molecule has 2 aromatic heterocycles. The number of pyridine rings is 1. The summed E-state index contributed by atoms with van der Waals surface area (Å²) >= 11 is 1.52. The third-order valence-electron chi connectivity index (χ3n) is 3.61. The number of hydrogen-bond donors (Lipinski definition) is 1. The maximum atomic E-state index is 12.3. The van der Waals surface area contributed by atoms with Crippen molar-refractivity contribution >= 4 is 11.3 Å². The van der Waals surface area contributed by atoms with E-state index < -0.39 is 0 Å². The fraction of sp³-hybridized carbons (Fsp3) is 0.111. The molecule has 3 rings (SSSR count). The Bertz CT molecular complexity index is 931. The number of nitrogens with one attached hydrogen (secondary N) is 1. The molecule has 108 valence electrons. The van der Waals surface area contributed by atoms with Crippen LogP contribution in [-0.4, -0.2) is 4.98 Å². The summed E-state index contributed by atoms with van der Waals surface area (Å²) < 4.78 is 0. The van der Waals surface area contributed by atoms with Gasteiger partial charge >= 0.3 is 0 Å². The summed E-state index contributed by atoms with van der Waals surface area (Å²) in [5, 5.41) is 11.2. The summed E-state index contributed by atoms with van der Waals surface area (Å²) in [6.07, 6.45) is 0. The van der Waals surface area contributed by atoms with Gasteiger partial charge in [-0.15, -0.1) is 11.3 Å². The summed E-state index contributed by atoms with van der Waals surface area (Å²) in [5.74, 6) is 0. The van der Waals surface area contributed by atoms with Crippen LogP contribution in [0.15, 0.2) is 46.6 Å². The van der Waals surface area contributed by atoms with Gasteiger partial charge in [-0.25, -0.2) is 0 Å². The van der Waals surface area contributed by atoms with Crippen LogP contribution in [0.25, 0.3) is 21.7 Å². The van der Waals surface area contributed by atoms with E-state index in [2.05, 4.69) is 4.98 Å². The van der Waals surface area contributed by atoms with Gasteiger partial charge in [-0.3, -0.25) is 4.79 Å². The second-order valence-corrected chi connectivity index (χ2v) is 6.16. The Hall–Kier alpha value is -2.64. The molecular formula is C18H14N2OS. The lowest BCUT2D eigenvalue weighted by Crippen LogP contribution is -2.12. The molecule has 0 atom stereocenters. The summed E-state index contributed by atoms with van der Waals surface area (Å²) in [6, 6.07) is 13.9. The lowest BCUT2D eigenvalue weighted by Gasteiger charge is -2.10. The van der Waals surface area contributed by atoms with Crippen LogP contribution in [0.3, 0.4) is 0 Å². The van der Waals surface area contributed by atoms with Crippen molar-refractivity contribution in [2.24, 2.45) is 0 Å². The van der Waals surface area contributed by atoms with Crippen LogP contribution >= 0.6 is 11.3 Å². The van der Waals surface area contributed by atoms with Gasteiger partial charge < -0.3 is 4.98 Å². The Morgan fingerprint density at radius 2 is 1.95 bits per heavy atom. The largest absolute Gasteiger partial charge is 0.321 e. The Kier molecular flexibility index (Phi) is 3.66. The SMILES string of the molecule is Cc1ccc(C)c(-c2cc(-c3cccs3)c(C#N)c(=O)[nH]2)c1. The molecule has 1 N–H and O–H groups in total. The van der Waals surface area contributed by atoms with Crippen LogP contribution in [0.1, 0.15) is 16.7 Å². The van der Waals surface area contributed by atoms with Crippen molar-refractivity contribution in [3.05, 3.63) is 68.8 Å². The van der Waals surface area contributed by atoms with E-state index in [1.54, 1.807) is 0 Å². The van der Waals surface area contributed by atoms with Crippen LogP contribution < -0.4 is 5.56 Å². The molecule has 22 heavy (non-hydrogen) atoms. The predicted octanol–water partition coefficient (Wildman–Crippen LogP) is 4.26. The van der Waals surface area contributed by atoms with Crippen molar-refractivity contribution in [3.8, 4) is 27.8 Å². The summed E-state index contributed by atoms with van der Waals surface area (Å²) in [5.41, 5.74) is 4.46. The van der Waals surface area contributed by atoms with E-state index >= 15 is 0 Å². The number of thiophene rings is 1. The molecule has 0 spiro atoms. The van der Waals surface area contributed by atoms with Gasteiger partial charge in [-0.2, -0.15) is 5.26 Å². The molecule has 3 nitrogen and oxygen atoms in total. The van der Waals surface area contributed by atoms with Gasteiger partial charge in [0.2, 0.25) is 0 Å². The average molecular weight is 306 g/mol. The van der Waals surface area contributed by atoms with E-state index in [-0.39, 0.29) is 11.1 Å². The zero-order chi connectivity index (χ0) is 15.7.